The van der Waals surface area contributed by atoms with Crippen LogP contribution in [0.5, 0.6) is 0 Å². The summed E-state index contributed by atoms with van der Waals surface area (Å²) >= 11 is 5.75. The maximum absolute atomic E-state index is 11.7. The zero-order valence-electron chi connectivity index (χ0n) is 9.46. The summed E-state index contributed by atoms with van der Waals surface area (Å²) in [5.74, 6) is -0.170. The van der Waals surface area contributed by atoms with Crippen molar-refractivity contribution >= 4 is 23.2 Å². The number of carbonyl (C=O) groups excluding carboxylic acids is 1. The number of nitrogen functional groups attached to an aromatic ring is 1. The van der Waals surface area contributed by atoms with Gasteiger partial charge in [-0.3, -0.25) is 4.79 Å². The summed E-state index contributed by atoms with van der Waals surface area (Å²) < 4.78 is 0. The third-order valence-electron chi connectivity index (χ3n) is 2.10. The van der Waals surface area contributed by atoms with Gasteiger partial charge in [0.05, 0.1) is 5.56 Å². The van der Waals surface area contributed by atoms with Crippen molar-refractivity contribution in [2.45, 2.75) is 0 Å². The van der Waals surface area contributed by atoms with Crippen molar-refractivity contribution < 1.29 is 4.79 Å². The van der Waals surface area contributed by atoms with Gasteiger partial charge >= 0.3 is 0 Å². The van der Waals surface area contributed by atoms with Crippen LogP contribution in [0.1, 0.15) is 10.4 Å². The number of amides is 1. The van der Waals surface area contributed by atoms with E-state index in [0.717, 1.165) is 6.54 Å². The summed E-state index contributed by atoms with van der Waals surface area (Å²) in [6.45, 7) is 1.38. The molecule has 0 aliphatic rings. The monoisotopic (exact) mass is 241 g/mol. The predicted molar refractivity (Wildman–Crippen MR) is 66.8 cm³/mol. The fourth-order valence-electron chi connectivity index (χ4n) is 1.23. The molecular formula is C11H16ClN3O. The SMILES string of the molecule is CN(C)CCNC(=O)c1ccc(Cl)cc1N. The van der Waals surface area contributed by atoms with Crippen LogP contribution in [0.2, 0.25) is 5.02 Å². The molecule has 1 rings (SSSR count). The minimum atomic E-state index is -0.170. The van der Waals surface area contributed by atoms with Crippen LogP contribution in [-0.2, 0) is 0 Å². The quantitative estimate of drug-likeness (QED) is 0.780. The van der Waals surface area contributed by atoms with Crippen LogP contribution >= 0.6 is 11.6 Å². The van der Waals surface area contributed by atoms with Crippen molar-refractivity contribution in [1.82, 2.24) is 10.2 Å². The predicted octanol–water partition coefficient (Wildman–Crippen LogP) is 1.21. The van der Waals surface area contributed by atoms with Crippen LogP contribution in [0.3, 0.4) is 0 Å². The fourth-order valence-corrected chi connectivity index (χ4v) is 1.41. The second-order valence-corrected chi connectivity index (χ2v) is 4.23. The molecule has 0 aliphatic heterocycles. The number of benzene rings is 1. The van der Waals surface area contributed by atoms with Crippen molar-refractivity contribution in [3.05, 3.63) is 28.8 Å². The molecule has 0 heterocycles. The molecule has 88 valence electrons. The number of likely N-dealkylation sites (N-methyl/N-ethyl adjacent to an activating group) is 1. The molecule has 16 heavy (non-hydrogen) atoms. The van der Waals surface area contributed by atoms with Crippen LogP contribution in [0.15, 0.2) is 18.2 Å². The van der Waals surface area contributed by atoms with Crippen LogP contribution in [0.4, 0.5) is 5.69 Å². The molecule has 0 saturated carbocycles. The van der Waals surface area contributed by atoms with Gasteiger partial charge in [0.2, 0.25) is 0 Å². The highest BCUT2D eigenvalue weighted by atomic mass is 35.5. The molecule has 0 saturated heterocycles. The molecule has 0 unspecified atom stereocenters. The number of nitrogens with zero attached hydrogens (tertiary/aromatic N) is 1. The number of nitrogens with two attached hydrogens (primary N) is 1. The van der Waals surface area contributed by atoms with Gasteiger partial charge < -0.3 is 16.0 Å². The first-order valence-corrected chi connectivity index (χ1v) is 5.36. The van der Waals surface area contributed by atoms with E-state index in [4.69, 9.17) is 17.3 Å². The van der Waals surface area contributed by atoms with E-state index in [-0.39, 0.29) is 5.91 Å². The summed E-state index contributed by atoms with van der Waals surface area (Å²) in [7, 11) is 3.89. The Kier molecular flexibility index (Phi) is 4.58. The lowest BCUT2D eigenvalue weighted by molar-refractivity contribution is 0.0952. The lowest BCUT2D eigenvalue weighted by atomic mass is 10.1. The molecule has 0 fully saturated rings. The van der Waals surface area contributed by atoms with Crippen LogP contribution in [0, 0.1) is 0 Å². The molecular weight excluding hydrogens is 226 g/mol. The number of halogens is 1. The Morgan fingerprint density at radius 2 is 2.19 bits per heavy atom. The first kappa shape index (κ1) is 12.8. The summed E-state index contributed by atoms with van der Waals surface area (Å²) in [5.41, 5.74) is 6.56. The van der Waals surface area contributed by atoms with Gasteiger partial charge in [-0.25, -0.2) is 0 Å². The molecule has 0 aromatic heterocycles. The van der Waals surface area contributed by atoms with E-state index >= 15 is 0 Å². The molecule has 0 spiro atoms. The van der Waals surface area contributed by atoms with E-state index < -0.39 is 0 Å². The highest BCUT2D eigenvalue weighted by Gasteiger charge is 2.08. The molecule has 1 aromatic carbocycles. The Morgan fingerprint density at radius 3 is 2.75 bits per heavy atom. The van der Waals surface area contributed by atoms with Crippen molar-refractivity contribution in [2.24, 2.45) is 0 Å². The molecule has 1 amide bonds. The van der Waals surface area contributed by atoms with Gasteiger partial charge in [-0.1, -0.05) is 11.6 Å². The third-order valence-corrected chi connectivity index (χ3v) is 2.34. The lowest BCUT2D eigenvalue weighted by Crippen LogP contribution is -2.31. The second kappa shape index (κ2) is 5.72. The zero-order valence-corrected chi connectivity index (χ0v) is 10.2. The van der Waals surface area contributed by atoms with Crippen LogP contribution < -0.4 is 11.1 Å². The van der Waals surface area contributed by atoms with Crippen molar-refractivity contribution in [3.63, 3.8) is 0 Å². The minimum Gasteiger partial charge on any atom is -0.398 e. The summed E-state index contributed by atoms with van der Waals surface area (Å²) in [6, 6.07) is 4.85. The number of hydrogen-bond donors (Lipinski definition) is 2. The van der Waals surface area contributed by atoms with Gasteiger partial charge in [0.15, 0.2) is 0 Å². The maximum Gasteiger partial charge on any atom is 0.253 e. The van der Waals surface area contributed by atoms with E-state index in [1.165, 1.54) is 0 Å². The normalized spacial score (nSPS) is 10.5. The topological polar surface area (TPSA) is 58.4 Å². The van der Waals surface area contributed by atoms with Gasteiger partial charge in [-0.05, 0) is 32.3 Å². The van der Waals surface area contributed by atoms with Crippen molar-refractivity contribution in [2.75, 3.05) is 32.9 Å². The number of rotatable bonds is 4. The van der Waals surface area contributed by atoms with E-state index in [9.17, 15) is 4.79 Å². The highest BCUT2D eigenvalue weighted by Crippen LogP contribution is 2.17. The average molecular weight is 242 g/mol. The fraction of sp³-hybridized carbons (Fsp3) is 0.364. The molecule has 3 N–H and O–H groups in total. The van der Waals surface area contributed by atoms with E-state index in [1.807, 2.05) is 19.0 Å². The molecule has 0 radical (unpaired) electrons. The maximum atomic E-state index is 11.7. The molecule has 1 aromatic rings. The number of carbonyl (C=O) groups is 1. The summed E-state index contributed by atoms with van der Waals surface area (Å²) in [4.78, 5) is 13.7. The van der Waals surface area contributed by atoms with Gasteiger partial charge in [0.25, 0.3) is 5.91 Å². The van der Waals surface area contributed by atoms with Gasteiger partial charge in [0, 0.05) is 23.8 Å². The first-order chi connectivity index (χ1) is 7.50. The lowest BCUT2D eigenvalue weighted by Gasteiger charge is -2.11. The number of nitrogens with one attached hydrogen (secondary N) is 1. The Balaban J connectivity index is 2.59. The van der Waals surface area contributed by atoms with E-state index in [0.29, 0.717) is 22.8 Å². The summed E-state index contributed by atoms with van der Waals surface area (Å²) in [6.07, 6.45) is 0. The van der Waals surface area contributed by atoms with Crippen LogP contribution in [0.25, 0.3) is 0 Å². The largest absolute Gasteiger partial charge is 0.398 e. The first-order valence-electron chi connectivity index (χ1n) is 4.98. The molecule has 4 nitrogen and oxygen atoms in total. The number of hydrogen-bond acceptors (Lipinski definition) is 3. The standard InChI is InChI=1S/C11H16ClN3O/c1-15(2)6-5-14-11(16)9-4-3-8(12)7-10(9)13/h3-4,7H,5-6,13H2,1-2H3,(H,14,16). The Hall–Kier alpha value is -1.26. The molecule has 0 aliphatic carbocycles. The zero-order chi connectivity index (χ0) is 12.1. The van der Waals surface area contributed by atoms with E-state index in [1.54, 1.807) is 18.2 Å². The Morgan fingerprint density at radius 1 is 1.50 bits per heavy atom. The Bertz CT molecular complexity index is 379. The summed E-state index contributed by atoms with van der Waals surface area (Å²) in [5, 5.41) is 3.32. The van der Waals surface area contributed by atoms with Crippen molar-refractivity contribution in [1.29, 1.82) is 0 Å². The number of anilines is 1. The average Bonchev–Trinajstić information content (AvgIpc) is 2.16. The van der Waals surface area contributed by atoms with Gasteiger partial charge in [-0.15, -0.1) is 0 Å². The van der Waals surface area contributed by atoms with Crippen LogP contribution in [-0.4, -0.2) is 38.0 Å². The molecule has 5 heteroatoms. The molecule has 0 bridgehead atoms. The highest BCUT2D eigenvalue weighted by molar-refractivity contribution is 6.31. The molecule has 0 atom stereocenters. The Labute approximate surface area is 100 Å². The minimum absolute atomic E-state index is 0.170. The smallest absolute Gasteiger partial charge is 0.253 e. The third kappa shape index (κ3) is 3.72. The van der Waals surface area contributed by atoms with Gasteiger partial charge in [0.1, 0.15) is 0 Å². The van der Waals surface area contributed by atoms with Gasteiger partial charge in [-0.2, -0.15) is 0 Å². The van der Waals surface area contributed by atoms with E-state index in [2.05, 4.69) is 5.32 Å². The van der Waals surface area contributed by atoms with Crippen molar-refractivity contribution in [3.8, 4) is 0 Å². The second-order valence-electron chi connectivity index (χ2n) is 3.79.